The van der Waals surface area contributed by atoms with Gasteiger partial charge < -0.3 is 16.2 Å². The van der Waals surface area contributed by atoms with E-state index in [-0.39, 0.29) is 0 Å². The van der Waals surface area contributed by atoms with E-state index in [2.05, 4.69) is 0 Å². The van der Waals surface area contributed by atoms with E-state index in [1.165, 1.54) is 0 Å². The molecule has 0 spiro atoms. The minimum atomic E-state index is -4.29. The Balaban J connectivity index is 4.30. The molecule has 5 N–H and O–H groups in total. The molecule has 8 heteroatoms. The highest BCUT2D eigenvalue weighted by Gasteiger charge is 2.11. The molecule has 1 amide bonds. The average Bonchev–Trinajstić information content (AvgIpc) is 2.12. The minimum absolute atomic E-state index is 0.615. The van der Waals surface area contributed by atoms with Gasteiger partial charge in [0.25, 0.3) is 10.1 Å². The lowest BCUT2D eigenvalue weighted by molar-refractivity contribution is -0.123. The molecule has 84 valence electrons. The van der Waals surface area contributed by atoms with Crippen LogP contribution in [0.1, 0.15) is 9.16 Å². The third kappa shape index (κ3) is 6.78. The van der Waals surface area contributed by atoms with E-state index >= 15 is 0 Å². The number of aliphatic hydroxyl groups is 1. The van der Waals surface area contributed by atoms with Gasteiger partial charge in [0.05, 0.1) is 12.4 Å². The predicted molar refractivity (Wildman–Crippen MR) is 49.1 cm³/mol. The lowest BCUT2D eigenvalue weighted by atomic mass is 10.3. The summed E-state index contributed by atoms with van der Waals surface area (Å²) in [4.78, 5) is 11.1. The topological polar surface area (TPSA) is 130 Å². The number of aliphatic hydroxyl groups excluding tert-OH is 1. The van der Waals surface area contributed by atoms with Gasteiger partial charge in [-0.3, -0.25) is 9.35 Å². The van der Waals surface area contributed by atoms with Gasteiger partial charge in [0.15, 0.2) is 0 Å². The molecule has 0 saturated heterocycles. The normalized spacial score (nSPS) is 16.8. The standard InChI is InChI=1S/C6H14N2O5S/c7-5(4-9)6(10)8-2-1-3-14(11,12)13/h5,9H,1-4,7H2,(H,8,10)(H,11,12,13)/t5-/m0/s1/i2D2. The average molecular weight is 228 g/mol. The zero-order valence-corrected chi connectivity index (χ0v) is 8.12. The van der Waals surface area contributed by atoms with Crippen LogP contribution >= 0.6 is 0 Å². The zero-order valence-electron chi connectivity index (χ0n) is 9.30. The Morgan fingerprint density at radius 1 is 1.64 bits per heavy atom. The van der Waals surface area contributed by atoms with Crippen LogP contribution in [0.15, 0.2) is 0 Å². The summed E-state index contributed by atoms with van der Waals surface area (Å²) in [6.07, 6.45) is -0.615. The van der Waals surface area contributed by atoms with Crippen molar-refractivity contribution in [2.24, 2.45) is 5.73 Å². The van der Waals surface area contributed by atoms with Gasteiger partial charge in [-0.1, -0.05) is 0 Å². The van der Waals surface area contributed by atoms with Crippen molar-refractivity contribution in [3.63, 3.8) is 0 Å². The molecule has 0 unspecified atom stereocenters. The van der Waals surface area contributed by atoms with Crippen molar-refractivity contribution in [2.45, 2.75) is 12.5 Å². The summed E-state index contributed by atoms with van der Waals surface area (Å²) >= 11 is 0. The fourth-order valence-corrected chi connectivity index (χ4v) is 0.865. The molecule has 1 atom stereocenters. The molecule has 0 aliphatic heterocycles. The summed E-state index contributed by atoms with van der Waals surface area (Å²) in [5.41, 5.74) is 5.11. The lowest BCUT2D eigenvalue weighted by Crippen LogP contribution is -2.43. The van der Waals surface area contributed by atoms with Crippen LogP contribution in [-0.2, 0) is 14.9 Å². The van der Waals surface area contributed by atoms with Gasteiger partial charge in [-0.2, -0.15) is 8.42 Å². The molecule has 0 heterocycles. The van der Waals surface area contributed by atoms with E-state index in [0.717, 1.165) is 0 Å². The van der Waals surface area contributed by atoms with Gasteiger partial charge in [-0.15, -0.1) is 0 Å². The molecule has 0 radical (unpaired) electrons. The second-order valence-electron chi connectivity index (χ2n) is 2.49. The van der Waals surface area contributed by atoms with Crippen LogP contribution in [0, 0.1) is 0 Å². The van der Waals surface area contributed by atoms with E-state index in [1.54, 1.807) is 0 Å². The number of nitrogens with one attached hydrogen (secondary N) is 1. The van der Waals surface area contributed by atoms with Gasteiger partial charge in [0, 0.05) is 9.24 Å². The van der Waals surface area contributed by atoms with Crippen LogP contribution in [0.2, 0.25) is 0 Å². The van der Waals surface area contributed by atoms with Gasteiger partial charge >= 0.3 is 0 Å². The number of nitrogens with two attached hydrogens (primary N) is 1. The van der Waals surface area contributed by atoms with Gasteiger partial charge in [-0.05, 0) is 6.42 Å². The van der Waals surface area contributed by atoms with Crippen LogP contribution < -0.4 is 11.1 Å². The summed E-state index contributed by atoms with van der Waals surface area (Å²) in [5.74, 6) is -1.77. The summed E-state index contributed by atoms with van der Waals surface area (Å²) in [5, 5.41) is 10.3. The number of hydrogen-bond donors (Lipinski definition) is 4. The first kappa shape index (κ1) is 9.84. The van der Waals surface area contributed by atoms with Crippen molar-refractivity contribution >= 4 is 16.0 Å². The van der Waals surface area contributed by atoms with Crippen LogP contribution in [0.3, 0.4) is 0 Å². The van der Waals surface area contributed by atoms with Crippen LogP contribution in [0.25, 0.3) is 0 Å². The lowest BCUT2D eigenvalue weighted by Gasteiger charge is -2.08. The molecular formula is C6H14N2O5S. The molecule has 0 aromatic heterocycles. The molecule has 0 saturated carbocycles. The van der Waals surface area contributed by atoms with Crippen molar-refractivity contribution < 1.29 is 25.6 Å². The number of carbonyl (C=O) groups is 1. The fraction of sp³-hybridized carbons (Fsp3) is 0.833. The molecule has 0 aromatic carbocycles. The van der Waals surface area contributed by atoms with Crippen LogP contribution in [0.5, 0.6) is 0 Å². The fourth-order valence-electron chi connectivity index (χ4n) is 0.505. The Morgan fingerprint density at radius 2 is 2.21 bits per heavy atom. The number of hydrogen-bond acceptors (Lipinski definition) is 5. The largest absolute Gasteiger partial charge is 0.394 e. The first-order valence-electron chi connectivity index (χ1n) is 4.71. The first-order valence-corrected chi connectivity index (χ1v) is 5.32. The van der Waals surface area contributed by atoms with Crippen molar-refractivity contribution in [1.29, 1.82) is 0 Å². The zero-order chi connectivity index (χ0) is 13.0. The van der Waals surface area contributed by atoms with Crippen molar-refractivity contribution in [3.05, 3.63) is 0 Å². The molecule has 14 heavy (non-hydrogen) atoms. The van der Waals surface area contributed by atoms with E-state index < -0.39 is 47.3 Å². The highest BCUT2D eigenvalue weighted by atomic mass is 32.2. The minimum Gasteiger partial charge on any atom is -0.394 e. The van der Waals surface area contributed by atoms with Gasteiger partial charge in [0.2, 0.25) is 5.91 Å². The number of amides is 1. The molecule has 0 aromatic rings. The van der Waals surface area contributed by atoms with E-state index in [4.69, 9.17) is 18.1 Å². The van der Waals surface area contributed by atoms with Crippen molar-refractivity contribution in [2.75, 3.05) is 18.9 Å². The highest BCUT2D eigenvalue weighted by molar-refractivity contribution is 7.85. The van der Waals surface area contributed by atoms with Crippen molar-refractivity contribution in [1.82, 2.24) is 5.32 Å². The Labute approximate surface area is 84.8 Å². The molecule has 0 rings (SSSR count). The molecule has 0 fully saturated rings. The maximum absolute atomic E-state index is 11.1. The number of carbonyl (C=O) groups excluding carboxylic acids is 1. The molecule has 0 aliphatic rings. The third-order valence-electron chi connectivity index (χ3n) is 1.23. The quantitative estimate of drug-likeness (QED) is 0.378. The van der Waals surface area contributed by atoms with E-state index in [9.17, 15) is 13.2 Å². The van der Waals surface area contributed by atoms with Gasteiger partial charge in [-0.25, -0.2) is 0 Å². The number of rotatable bonds is 6. The first-order chi connectivity index (χ1) is 7.07. The highest BCUT2D eigenvalue weighted by Crippen LogP contribution is 1.87. The van der Waals surface area contributed by atoms with Gasteiger partial charge in [0.1, 0.15) is 6.04 Å². The van der Waals surface area contributed by atoms with Crippen LogP contribution in [0.4, 0.5) is 0 Å². The molecular weight excluding hydrogens is 212 g/mol. The molecule has 7 nitrogen and oxygen atoms in total. The summed E-state index contributed by atoms with van der Waals surface area (Å²) in [7, 11) is -4.29. The Morgan fingerprint density at radius 3 is 2.64 bits per heavy atom. The predicted octanol–water partition coefficient (Wildman–Crippen LogP) is -2.30. The second-order valence-corrected chi connectivity index (χ2v) is 4.06. The Bertz CT molecular complexity index is 345. The smallest absolute Gasteiger partial charge is 0.264 e. The van der Waals surface area contributed by atoms with E-state index in [0.29, 0.717) is 0 Å². The van der Waals surface area contributed by atoms with E-state index in [1.807, 2.05) is 5.32 Å². The monoisotopic (exact) mass is 228 g/mol. The Hall–Kier alpha value is -0.700. The summed E-state index contributed by atoms with van der Waals surface area (Å²) < 4.78 is 43.6. The summed E-state index contributed by atoms with van der Waals surface area (Å²) in [6.45, 7) is -2.97. The van der Waals surface area contributed by atoms with Crippen molar-refractivity contribution in [3.8, 4) is 0 Å². The molecule has 0 bridgehead atoms. The Kier molecular flexibility index (Phi) is 4.15. The maximum atomic E-state index is 11.1. The maximum Gasteiger partial charge on any atom is 0.264 e. The van der Waals surface area contributed by atoms with Crippen LogP contribution in [-0.4, -0.2) is 48.9 Å². The summed E-state index contributed by atoms with van der Waals surface area (Å²) in [6, 6.07) is -1.28. The SMILES string of the molecule is [2H]C([2H])(CCS(=O)(=O)O)NC(=O)[C@@H](N)CO. The third-order valence-corrected chi connectivity index (χ3v) is 1.95. The molecule has 0 aliphatic carbocycles. The second kappa shape index (κ2) is 5.91.